The van der Waals surface area contributed by atoms with Crippen LogP contribution in [0.1, 0.15) is 22.5 Å². The first-order valence-corrected chi connectivity index (χ1v) is 6.26. The number of carbonyl (C=O) groups excluding carboxylic acids is 2. The largest absolute Gasteiger partial charge is 0.496 e. The third-order valence-electron chi connectivity index (χ3n) is 2.32. The smallest absolute Gasteiger partial charge is 0.326 e. The Morgan fingerprint density at radius 3 is 2.68 bits per heavy atom. The lowest BCUT2D eigenvalue weighted by Gasteiger charge is -2.12. The van der Waals surface area contributed by atoms with Gasteiger partial charge in [0.05, 0.1) is 12.0 Å². The lowest BCUT2D eigenvalue weighted by molar-refractivity contribution is -0.139. The zero-order chi connectivity index (χ0) is 14.4. The van der Waals surface area contributed by atoms with Gasteiger partial charge in [0.1, 0.15) is 11.8 Å². The molecule has 1 heterocycles. The van der Waals surface area contributed by atoms with Crippen molar-refractivity contribution in [3.8, 4) is 5.75 Å². The molecular weight excluding hydrogens is 272 g/mol. The van der Waals surface area contributed by atoms with E-state index in [1.54, 1.807) is 5.38 Å². The van der Waals surface area contributed by atoms with Crippen LogP contribution in [0.25, 0.3) is 0 Å². The van der Waals surface area contributed by atoms with E-state index in [2.05, 4.69) is 5.32 Å². The number of methoxy groups -OCH3 is 1. The number of rotatable bonds is 7. The highest BCUT2D eigenvalue weighted by molar-refractivity contribution is 7.12. The average Bonchev–Trinajstić information content (AvgIpc) is 2.82. The summed E-state index contributed by atoms with van der Waals surface area (Å²) in [6.45, 7) is 0. The molecular formula is C11H14N2O5S. The number of hydrogen-bond acceptors (Lipinski definition) is 5. The number of thiophene rings is 1. The molecule has 4 N–H and O–H groups in total. The summed E-state index contributed by atoms with van der Waals surface area (Å²) in [7, 11) is 1.47. The quantitative estimate of drug-likeness (QED) is 0.662. The maximum Gasteiger partial charge on any atom is 0.326 e. The number of aliphatic carboxylic acids is 1. The third kappa shape index (κ3) is 4.59. The molecule has 1 aromatic rings. The molecule has 19 heavy (non-hydrogen) atoms. The van der Waals surface area contributed by atoms with Crippen molar-refractivity contribution in [2.75, 3.05) is 7.11 Å². The topological polar surface area (TPSA) is 119 Å². The SMILES string of the molecule is COc1csc(C(=O)N[C@H](CCC(N)=O)C(=O)O)c1. The second kappa shape index (κ2) is 6.74. The highest BCUT2D eigenvalue weighted by atomic mass is 32.1. The van der Waals surface area contributed by atoms with Gasteiger partial charge in [-0.3, -0.25) is 9.59 Å². The van der Waals surface area contributed by atoms with Gasteiger partial charge in [-0.15, -0.1) is 11.3 Å². The minimum atomic E-state index is -1.21. The van der Waals surface area contributed by atoms with Gasteiger partial charge >= 0.3 is 5.97 Å². The van der Waals surface area contributed by atoms with Gasteiger partial charge < -0.3 is 20.9 Å². The summed E-state index contributed by atoms with van der Waals surface area (Å²) < 4.78 is 4.93. The molecule has 0 aromatic carbocycles. The zero-order valence-corrected chi connectivity index (χ0v) is 11.0. The summed E-state index contributed by atoms with van der Waals surface area (Å²) in [5, 5.41) is 12.9. The number of carbonyl (C=O) groups is 3. The third-order valence-corrected chi connectivity index (χ3v) is 3.23. The van der Waals surface area contributed by atoms with Crippen molar-refractivity contribution < 1.29 is 24.2 Å². The van der Waals surface area contributed by atoms with Crippen molar-refractivity contribution in [2.24, 2.45) is 5.73 Å². The van der Waals surface area contributed by atoms with Crippen LogP contribution in [0, 0.1) is 0 Å². The van der Waals surface area contributed by atoms with Crippen LogP contribution in [-0.4, -0.2) is 36.0 Å². The van der Waals surface area contributed by atoms with Crippen molar-refractivity contribution in [2.45, 2.75) is 18.9 Å². The first-order valence-electron chi connectivity index (χ1n) is 5.38. The molecule has 0 aliphatic rings. The lowest BCUT2D eigenvalue weighted by Crippen LogP contribution is -2.41. The highest BCUT2D eigenvalue weighted by Gasteiger charge is 2.22. The number of carboxylic acids is 1. The van der Waals surface area contributed by atoms with Gasteiger partial charge in [-0.1, -0.05) is 0 Å². The number of ether oxygens (including phenoxy) is 1. The molecule has 0 aliphatic carbocycles. The Hall–Kier alpha value is -2.09. The first-order chi connectivity index (χ1) is 8.93. The molecule has 8 heteroatoms. The predicted molar refractivity (Wildman–Crippen MR) is 68.2 cm³/mol. The molecule has 0 radical (unpaired) electrons. The van der Waals surface area contributed by atoms with Crippen molar-refractivity contribution in [3.05, 3.63) is 16.3 Å². The van der Waals surface area contributed by atoms with E-state index in [4.69, 9.17) is 15.6 Å². The van der Waals surface area contributed by atoms with Crippen LogP contribution in [0.15, 0.2) is 11.4 Å². The maximum atomic E-state index is 11.8. The van der Waals surface area contributed by atoms with E-state index >= 15 is 0 Å². The summed E-state index contributed by atoms with van der Waals surface area (Å²) in [6, 6.07) is 0.362. The Labute approximate surface area is 113 Å². The minimum absolute atomic E-state index is 0.0427. The maximum absolute atomic E-state index is 11.8. The summed E-state index contributed by atoms with van der Waals surface area (Å²) in [4.78, 5) is 33.7. The Kier molecular flexibility index (Phi) is 5.31. The Morgan fingerprint density at radius 2 is 2.21 bits per heavy atom. The molecule has 0 unspecified atom stereocenters. The summed E-state index contributed by atoms with van der Waals surface area (Å²) in [5.74, 6) is -1.82. The number of primary amides is 1. The van der Waals surface area contributed by atoms with E-state index in [0.29, 0.717) is 10.6 Å². The number of nitrogens with one attached hydrogen (secondary N) is 1. The monoisotopic (exact) mass is 286 g/mol. The predicted octanol–water partition coefficient (Wildman–Crippen LogP) is 0.205. The van der Waals surface area contributed by atoms with E-state index in [1.807, 2.05) is 0 Å². The number of hydrogen-bond donors (Lipinski definition) is 3. The van der Waals surface area contributed by atoms with Gasteiger partial charge in [-0.2, -0.15) is 0 Å². The van der Waals surface area contributed by atoms with Crippen molar-refractivity contribution in [3.63, 3.8) is 0 Å². The van der Waals surface area contributed by atoms with Gasteiger partial charge in [0.15, 0.2) is 0 Å². The molecule has 0 aliphatic heterocycles. The van der Waals surface area contributed by atoms with Crippen molar-refractivity contribution in [1.82, 2.24) is 5.32 Å². The molecule has 1 aromatic heterocycles. The van der Waals surface area contributed by atoms with Crippen LogP contribution < -0.4 is 15.8 Å². The van der Waals surface area contributed by atoms with Gasteiger partial charge in [-0.25, -0.2) is 4.79 Å². The number of amides is 2. The van der Waals surface area contributed by atoms with Crippen molar-refractivity contribution in [1.29, 1.82) is 0 Å². The van der Waals surface area contributed by atoms with Gasteiger partial charge in [0.25, 0.3) is 5.91 Å². The number of nitrogens with two attached hydrogens (primary N) is 1. The molecule has 104 valence electrons. The van der Waals surface area contributed by atoms with Crippen LogP contribution in [0.2, 0.25) is 0 Å². The van der Waals surface area contributed by atoms with Gasteiger partial charge in [0.2, 0.25) is 5.91 Å². The standard InChI is InChI=1S/C11H14N2O5S/c1-18-6-4-8(19-5-6)10(15)13-7(11(16)17)2-3-9(12)14/h4-5,7H,2-3H2,1H3,(H2,12,14)(H,13,15)(H,16,17)/t7-/m1/s1. The highest BCUT2D eigenvalue weighted by Crippen LogP contribution is 2.21. The van der Waals surface area contributed by atoms with Crippen LogP contribution in [-0.2, 0) is 9.59 Å². The van der Waals surface area contributed by atoms with E-state index in [0.717, 1.165) is 11.3 Å². The molecule has 1 atom stereocenters. The van der Waals surface area contributed by atoms with Crippen molar-refractivity contribution >= 4 is 29.1 Å². The van der Waals surface area contributed by atoms with Crippen LogP contribution in [0.5, 0.6) is 5.75 Å². The molecule has 0 spiro atoms. The molecule has 0 bridgehead atoms. The Bertz CT molecular complexity index is 485. The lowest BCUT2D eigenvalue weighted by atomic mass is 10.1. The van der Waals surface area contributed by atoms with E-state index in [1.165, 1.54) is 13.2 Å². The first kappa shape index (κ1) is 15.0. The fourth-order valence-corrected chi connectivity index (χ4v) is 2.08. The normalized spacial score (nSPS) is 11.6. The minimum Gasteiger partial charge on any atom is -0.496 e. The fourth-order valence-electron chi connectivity index (χ4n) is 1.32. The van der Waals surface area contributed by atoms with E-state index < -0.39 is 23.8 Å². The van der Waals surface area contributed by atoms with E-state index in [-0.39, 0.29) is 12.8 Å². The van der Waals surface area contributed by atoms with Crippen LogP contribution in [0.3, 0.4) is 0 Å². The van der Waals surface area contributed by atoms with Crippen LogP contribution >= 0.6 is 11.3 Å². The average molecular weight is 286 g/mol. The molecule has 7 nitrogen and oxygen atoms in total. The fraction of sp³-hybridized carbons (Fsp3) is 0.364. The Balaban J connectivity index is 2.65. The summed E-state index contributed by atoms with van der Waals surface area (Å²) >= 11 is 1.14. The molecule has 0 fully saturated rings. The zero-order valence-electron chi connectivity index (χ0n) is 10.2. The van der Waals surface area contributed by atoms with Gasteiger partial charge in [-0.05, 0) is 6.42 Å². The summed E-state index contributed by atoms with van der Waals surface area (Å²) in [5.41, 5.74) is 4.95. The van der Waals surface area contributed by atoms with E-state index in [9.17, 15) is 14.4 Å². The number of carboxylic acid groups (broad SMARTS) is 1. The second-order valence-electron chi connectivity index (χ2n) is 3.72. The van der Waals surface area contributed by atoms with Crippen LogP contribution in [0.4, 0.5) is 0 Å². The molecule has 2 amide bonds. The molecule has 0 saturated carbocycles. The van der Waals surface area contributed by atoms with Gasteiger partial charge in [0, 0.05) is 17.9 Å². The second-order valence-corrected chi connectivity index (χ2v) is 4.63. The molecule has 1 rings (SSSR count). The summed E-state index contributed by atoms with van der Waals surface area (Å²) in [6.07, 6.45) is -0.149. The Morgan fingerprint density at radius 1 is 1.53 bits per heavy atom. The molecule has 0 saturated heterocycles.